The van der Waals surface area contributed by atoms with Crippen molar-refractivity contribution in [3.8, 4) is 0 Å². The number of hydrazine groups is 1. The molecule has 0 saturated heterocycles. The zero-order chi connectivity index (χ0) is 26.4. The van der Waals surface area contributed by atoms with Crippen molar-refractivity contribution in [1.82, 2.24) is 10.7 Å². The van der Waals surface area contributed by atoms with Crippen LogP contribution in [0.25, 0.3) is 0 Å². The Morgan fingerprint density at radius 1 is 1.20 bits per heavy atom. The quantitative estimate of drug-likeness (QED) is 0.0505. The molecular weight excluding hydrogens is 453 g/mol. The van der Waals surface area contributed by atoms with Crippen LogP contribution in [0.1, 0.15) is 91.4 Å². The number of carbonyl (C=O) groups is 2. The van der Waals surface area contributed by atoms with Crippen molar-refractivity contribution in [2.45, 2.75) is 97.3 Å². The number of Topliss-reactive ketones (excluding diaryl/α,β-unsaturated/α-hetero) is 1. The lowest BCUT2D eigenvalue weighted by Gasteiger charge is -2.26. The van der Waals surface area contributed by atoms with Crippen LogP contribution in [0, 0.1) is 33.8 Å². The molecular formula is C23H44BN5O6. The number of guanidine groups is 1. The van der Waals surface area contributed by atoms with Crippen molar-refractivity contribution in [2.75, 3.05) is 6.54 Å². The maximum absolute atomic E-state index is 13.4. The van der Waals surface area contributed by atoms with Gasteiger partial charge in [0.15, 0.2) is 5.03 Å². The van der Waals surface area contributed by atoms with Crippen molar-refractivity contribution in [2.24, 2.45) is 34.4 Å². The largest absolute Gasteiger partial charge is 0.475 e. The molecule has 0 bridgehead atoms. The first kappa shape index (κ1) is 30.8. The molecule has 200 valence electrons. The highest BCUT2D eigenvalue weighted by Gasteiger charge is 2.34. The van der Waals surface area contributed by atoms with Gasteiger partial charge in [0.1, 0.15) is 5.78 Å². The van der Waals surface area contributed by atoms with Gasteiger partial charge in [0.05, 0.1) is 5.94 Å². The minimum absolute atomic E-state index is 0.0550. The molecule has 3 atom stereocenters. The van der Waals surface area contributed by atoms with Gasteiger partial charge >= 0.3 is 7.12 Å². The van der Waals surface area contributed by atoms with Gasteiger partial charge in [0.2, 0.25) is 5.91 Å². The van der Waals surface area contributed by atoms with E-state index in [0.717, 1.165) is 44.9 Å². The molecule has 1 aliphatic rings. The van der Waals surface area contributed by atoms with Crippen molar-refractivity contribution >= 4 is 24.8 Å². The molecule has 1 aliphatic carbocycles. The van der Waals surface area contributed by atoms with E-state index in [1.54, 1.807) is 5.43 Å². The van der Waals surface area contributed by atoms with E-state index in [-0.39, 0.29) is 36.5 Å². The number of hydrogen-bond donors (Lipinski definition) is 5. The number of nitrogens with zero attached hydrogens (tertiary/aromatic N) is 2. The average molecular weight is 497 g/mol. The molecule has 1 amide bonds. The first-order valence-corrected chi connectivity index (χ1v) is 12.9. The second-order valence-corrected chi connectivity index (χ2v) is 10.1. The number of nitro groups is 1. The van der Waals surface area contributed by atoms with Crippen molar-refractivity contribution in [1.29, 1.82) is 0 Å². The number of amides is 1. The number of rotatable bonds is 17. The molecule has 0 aromatic carbocycles. The van der Waals surface area contributed by atoms with Crippen molar-refractivity contribution in [3.05, 3.63) is 10.1 Å². The minimum atomic E-state index is -1.70. The molecule has 0 aromatic heterocycles. The molecule has 0 heterocycles. The lowest BCUT2D eigenvalue weighted by atomic mass is 9.74. The van der Waals surface area contributed by atoms with E-state index in [1.807, 2.05) is 13.8 Å². The Balaban J connectivity index is 2.93. The van der Waals surface area contributed by atoms with Crippen LogP contribution in [0.5, 0.6) is 0 Å². The third kappa shape index (κ3) is 12.4. The first-order chi connectivity index (χ1) is 16.5. The van der Waals surface area contributed by atoms with Crippen LogP contribution in [0.2, 0.25) is 0 Å². The van der Waals surface area contributed by atoms with Crippen LogP contribution in [-0.2, 0) is 9.59 Å². The number of ketones is 1. The third-order valence-corrected chi connectivity index (χ3v) is 6.68. The summed E-state index contributed by atoms with van der Waals surface area (Å²) in [6, 6.07) is 0. The third-order valence-electron chi connectivity index (χ3n) is 6.68. The van der Waals surface area contributed by atoms with E-state index in [2.05, 4.69) is 17.2 Å². The smallest absolute Gasteiger partial charge is 0.426 e. The van der Waals surface area contributed by atoms with Gasteiger partial charge in [0.25, 0.3) is 5.96 Å². The van der Waals surface area contributed by atoms with Crippen LogP contribution < -0.4 is 16.5 Å². The van der Waals surface area contributed by atoms with Crippen LogP contribution in [-0.4, -0.2) is 52.3 Å². The number of nitrogens with two attached hydrogens (primary N) is 1. The maximum atomic E-state index is 13.4. The van der Waals surface area contributed by atoms with Crippen molar-refractivity contribution < 1.29 is 24.7 Å². The molecule has 1 unspecified atom stereocenters. The fourth-order valence-electron chi connectivity index (χ4n) is 4.89. The van der Waals surface area contributed by atoms with Crippen LogP contribution in [0.15, 0.2) is 4.99 Å². The molecule has 0 spiro atoms. The normalized spacial score (nSPS) is 17.1. The van der Waals surface area contributed by atoms with E-state index in [0.29, 0.717) is 25.2 Å². The lowest BCUT2D eigenvalue weighted by molar-refractivity contribution is -0.525. The number of carbonyl (C=O) groups excluding carboxylic acids is 2. The van der Waals surface area contributed by atoms with Crippen molar-refractivity contribution in [3.63, 3.8) is 0 Å². The first-order valence-electron chi connectivity index (χ1n) is 12.9. The van der Waals surface area contributed by atoms with E-state index in [1.165, 1.54) is 0 Å². The summed E-state index contributed by atoms with van der Waals surface area (Å²) in [5, 5.41) is 31.8. The Kier molecular flexibility index (Phi) is 14.5. The summed E-state index contributed by atoms with van der Waals surface area (Å²) < 4.78 is 0. The Hall–Kier alpha value is -2.21. The van der Waals surface area contributed by atoms with Gasteiger partial charge < -0.3 is 21.1 Å². The highest BCUT2D eigenvalue weighted by molar-refractivity contribution is 6.43. The zero-order valence-corrected chi connectivity index (χ0v) is 21.4. The fraction of sp³-hybridized carbons (Fsp3) is 0.870. The number of aliphatic imine (C=N–C) groups is 1. The molecule has 35 heavy (non-hydrogen) atoms. The van der Waals surface area contributed by atoms with Gasteiger partial charge in [0, 0.05) is 24.8 Å². The molecule has 0 radical (unpaired) electrons. The van der Waals surface area contributed by atoms with Crippen LogP contribution in [0.3, 0.4) is 0 Å². The van der Waals surface area contributed by atoms with E-state index in [9.17, 15) is 29.8 Å². The summed E-state index contributed by atoms with van der Waals surface area (Å²) in [4.78, 5) is 40.9. The summed E-state index contributed by atoms with van der Waals surface area (Å²) in [6.45, 7) is 6.10. The molecule has 1 fully saturated rings. The summed E-state index contributed by atoms with van der Waals surface area (Å²) >= 11 is 0. The SMILES string of the molecule is CCCCC(C(=O)C[C@@H](CCCN=C(N)N[N+](=O)[O-])C(=O)N[C@@H](CC(C)C)B(O)O)C1CCCC1. The van der Waals surface area contributed by atoms with Gasteiger partial charge in [-0.2, -0.15) is 0 Å². The molecule has 0 aromatic rings. The topological polar surface area (TPSA) is 180 Å². The second-order valence-electron chi connectivity index (χ2n) is 10.1. The van der Waals surface area contributed by atoms with E-state index < -0.39 is 29.9 Å². The maximum Gasteiger partial charge on any atom is 0.475 e. The fourth-order valence-corrected chi connectivity index (χ4v) is 4.89. The minimum Gasteiger partial charge on any atom is -0.426 e. The molecule has 1 rings (SSSR count). The summed E-state index contributed by atoms with van der Waals surface area (Å²) in [5.41, 5.74) is 7.21. The summed E-state index contributed by atoms with van der Waals surface area (Å²) in [6.07, 6.45) is 8.34. The Morgan fingerprint density at radius 3 is 2.40 bits per heavy atom. The number of hydrogen-bond acceptors (Lipinski definition) is 7. The zero-order valence-electron chi connectivity index (χ0n) is 21.4. The Bertz CT molecular complexity index is 700. The van der Waals surface area contributed by atoms with Gasteiger partial charge in [-0.05, 0) is 50.4 Å². The highest BCUT2D eigenvalue weighted by atomic mass is 16.7. The average Bonchev–Trinajstić information content (AvgIpc) is 3.29. The van der Waals surface area contributed by atoms with E-state index >= 15 is 0 Å². The molecule has 1 saturated carbocycles. The number of nitrogens with one attached hydrogen (secondary N) is 2. The standard InChI is InChI=1S/C23H44BN5O6/c1-4-5-12-19(17-9-6-7-10-17)20(30)15-18(11-8-13-26-23(25)28-29(34)35)22(31)27-21(24(32)33)14-16(2)3/h16-19,21,32-33H,4-15H2,1-3H3,(H,27,31)(H3,25,26,28)/t18-,19?,21+/m1/s1. The number of unbranched alkanes of at least 4 members (excludes halogenated alkanes) is 1. The molecule has 6 N–H and O–H groups in total. The van der Waals surface area contributed by atoms with Gasteiger partial charge in [-0.15, -0.1) is 0 Å². The monoisotopic (exact) mass is 497 g/mol. The second kappa shape index (κ2) is 16.5. The molecule has 0 aliphatic heterocycles. The molecule has 12 heteroatoms. The Labute approximate surface area is 209 Å². The Morgan fingerprint density at radius 2 is 1.86 bits per heavy atom. The van der Waals surface area contributed by atoms with Crippen LogP contribution >= 0.6 is 0 Å². The van der Waals surface area contributed by atoms with Gasteiger partial charge in [-0.1, -0.05) is 51.9 Å². The van der Waals surface area contributed by atoms with Gasteiger partial charge in [-0.3, -0.25) is 9.59 Å². The molecule has 11 nitrogen and oxygen atoms in total. The lowest BCUT2D eigenvalue weighted by Crippen LogP contribution is -2.49. The predicted molar refractivity (Wildman–Crippen MR) is 136 cm³/mol. The van der Waals surface area contributed by atoms with Gasteiger partial charge in [-0.25, -0.2) is 15.1 Å². The highest BCUT2D eigenvalue weighted by Crippen LogP contribution is 2.36. The summed E-state index contributed by atoms with van der Waals surface area (Å²) in [5.74, 6) is -1.66. The van der Waals surface area contributed by atoms with Crippen LogP contribution in [0.4, 0.5) is 0 Å². The predicted octanol–water partition coefficient (Wildman–Crippen LogP) is 1.98. The summed E-state index contributed by atoms with van der Waals surface area (Å²) in [7, 11) is -1.70. The van der Waals surface area contributed by atoms with E-state index in [4.69, 9.17) is 5.73 Å².